The Labute approximate surface area is 183 Å². The van der Waals surface area contributed by atoms with Crippen LogP contribution in [0.3, 0.4) is 0 Å². The summed E-state index contributed by atoms with van der Waals surface area (Å²) in [6, 6.07) is 17.0. The van der Waals surface area contributed by atoms with E-state index in [9.17, 15) is 20.3 Å². The molecule has 7 nitrogen and oxygen atoms in total. The first-order chi connectivity index (χ1) is 14.9. The van der Waals surface area contributed by atoms with Crippen molar-refractivity contribution in [3.8, 4) is 17.8 Å². The number of aromatic hydroxyl groups is 2. The summed E-state index contributed by atoms with van der Waals surface area (Å²) < 4.78 is 1.22. The van der Waals surface area contributed by atoms with Gasteiger partial charge in [-0.3, -0.25) is 14.6 Å². The molecule has 0 saturated carbocycles. The van der Waals surface area contributed by atoms with Gasteiger partial charge in [0.15, 0.2) is 17.8 Å². The van der Waals surface area contributed by atoms with Crippen LogP contribution < -0.4 is 0 Å². The Hall–Kier alpha value is -3.57. The number of nitriles is 1. The number of Topliss-reactive ketones (excluding diaryl/α,β-unsaturated/α-hetero) is 1. The minimum Gasteiger partial charge on any atom is -0.494 e. The molecule has 0 aliphatic carbocycles. The highest BCUT2D eigenvalue weighted by atomic mass is 35.5. The molecule has 3 aromatic rings. The van der Waals surface area contributed by atoms with Crippen molar-refractivity contribution >= 4 is 23.5 Å². The predicted molar refractivity (Wildman–Crippen MR) is 115 cm³/mol. The SMILES string of the molecule is CC(=O)C(=Cc1cccc(C#N)c1Cl)[C@@H](OO)c1cc(O)n(Cc2ccccc2)c1O. The van der Waals surface area contributed by atoms with Gasteiger partial charge in [-0.1, -0.05) is 54.1 Å². The van der Waals surface area contributed by atoms with Crippen LogP contribution in [0, 0.1) is 11.3 Å². The maximum atomic E-state index is 12.4. The smallest absolute Gasteiger partial charge is 0.200 e. The summed E-state index contributed by atoms with van der Waals surface area (Å²) in [6.45, 7) is 1.42. The second kappa shape index (κ2) is 9.49. The summed E-state index contributed by atoms with van der Waals surface area (Å²) in [5.74, 6) is -1.11. The minimum absolute atomic E-state index is 0.00931. The van der Waals surface area contributed by atoms with E-state index < -0.39 is 11.9 Å². The first kappa shape index (κ1) is 22.1. The molecule has 0 aliphatic heterocycles. The fourth-order valence-corrected chi connectivity index (χ4v) is 3.44. The molecule has 1 aromatic heterocycles. The Morgan fingerprint density at radius 2 is 1.94 bits per heavy atom. The highest BCUT2D eigenvalue weighted by Gasteiger charge is 2.29. The average Bonchev–Trinajstić information content (AvgIpc) is 3.03. The molecule has 0 amide bonds. The van der Waals surface area contributed by atoms with Gasteiger partial charge in [0.05, 0.1) is 22.7 Å². The topological polar surface area (TPSA) is 116 Å². The van der Waals surface area contributed by atoms with Crippen molar-refractivity contribution in [3.63, 3.8) is 0 Å². The monoisotopic (exact) mass is 438 g/mol. The Balaban J connectivity index is 2.06. The Morgan fingerprint density at radius 3 is 2.55 bits per heavy atom. The number of benzene rings is 2. The molecule has 0 fully saturated rings. The molecule has 3 rings (SSSR count). The molecule has 0 radical (unpaired) electrons. The molecule has 31 heavy (non-hydrogen) atoms. The second-order valence-electron chi connectivity index (χ2n) is 6.82. The third-order valence-corrected chi connectivity index (χ3v) is 5.22. The number of carbonyl (C=O) groups is 1. The molecule has 0 unspecified atom stereocenters. The summed E-state index contributed by atoms with van der Waals surface area (Å²) in [7, 11) is 0. The number of hydrogen-bond donors (Lipinski definition) is 3. The Bertz CT molecular complexity index is 1180. The molecule has 1 atom stereocenters. The molecule has 158 valence electrons. The lowest BCUT2D eigenvalue weighted by Crippen LogP contribution is -2.12. The minimum atomic E-state index is -1.40. The quantitative estimate of drug-likeness (QED) is 0.280. The molecule has 0 bridgehead atoms. The van der Waals surface area contributed by atoms with Crippen LogP contribution in [0.25, 0.3) is 6.08 Å². The highest BCUT2D eigenvalue weighted by molar-refractivity contribution is 6.33. The van der Waals surface area contributed by atoms with Crippen LogP contribution in [-0.4, -0.2) is 25.8 Å². The Kier molecular flexibility index (Phi) is 6.78. The molecule has 0 saturated heterocycles. The van der Waals surface area contributed by atoms with Gasteiger partial charge >= 0.3 is 0 Å². The van der Waals surface area contributed by atoms with Crippen molar-refractivity contribution in [2.45, 2.75) is 19.6 Å². The number of hydrogen-bond acceptors (Lipinski definition) is 6. The lowest BCUT2D eigenvalue weighted by atomic mass is 9.97. The van der Waals surface area contributed by atoms with E-state index in [0.29, 0.717) is 5.56 Å². The summed E-state index contributed by atoms with van der Waals surface area (Å²) >= 11 is 6.23. The van der Waals surface area contributed by atoms with Gasteiger partial charge in [-0.25, -0.2) is 4.89 Å². The van der Waals surface area contributed by atoms with Crippen LogP contribution in [0.1, 0.15) is 35.3 Å². The summed E-state index contributed by atoms with van der Waals surface area (Å²) in [4.78, 5) is 16.9. The number of rotatable bonds is 7. The van der Waals surface area contributed by atoms with Gasteiger partial charge in [0.25, 0.3) is 0 Å². The van der Waals surface area contributed by atoms with E-state index in [2.05, 4.69) is 4.89 Å². The molecular weight excluding hydrogens is 420 g/mol. The molecular formula is C23H19ClN2O5. The number of carbonyl (C=O) groups excluding carboxylic acids is 1. The van der Waals surface area contributed by atoms with Gasteiger partial charge in [-0.2, -0.15) is 5.26 Å². The van der Waals surface area contributed by atoms with Gasteiger partial charge in [0.2, 0.25) is 5.88 Å². The zero-order valence-electron chi connectivity index (χ0n) is 16.5. The van der Waals surface area contributed by atoms with Gasteiger partial charge in [0, 0.05) is 11.6 Å². The summed E-state index contributed by atoms with van der Waals surface area (Å²) in [5.41, 5.74) is 1.35. The van der Waals surface area contributed by atoms with Crippen molar-refractivity contribution in [2.24, 2.45) is 0 Å². The van der Waals surface area contributed by atoms with Crippen molar-refractivity contribution in [1.82, 2.24) is 4.57 Å². The van der Waals surface area contributed by atoms with E-state index in [1.54, 1.807) is 12.1 Å². The standard InChI is InChI=1S/C23H19ClN2O5/c1-14(27)18(10-16-8-5-9-17(12-25)21(16)24)22(31-30)19-11-20(28)26(23(19)29)13-15-6-3-2-4-7-15/h2-11,22,28-30H,13H2,1H3/t22-/m1/s1. The lowest BCUT2D eigenvalue weighted by molar-refractivity contribution is -0.271. The lowest BCUT2D eigenvalue weighted by Gasteiger charge is -2.16. The van der Waals surface area contributed by atoms with Crippen LogP contribution in [0.15, 0.2) is 60.2 Å². The molecule has 0 spiro atoms. The fraction of sp³-hybridized carbons (Fsp3) is 0.130. The van der Waals surface area contributed by atoms with E-state index in [1.807, 2.05) is 36.4 Å². The third kappa shape index (κ3) is 4.62. The first-order valence-corrected chi connectivity index (χ1v) is 9.61. The van der Waals surface area contributed by atoms with E-state index >= 15 is 0 Å². The van der Waals surface area contributed by atoms with Gasteiger partial charge in [-0.15, -0.1) is 0 Å². The number of nitrogens with zero attached hydrogens (tertiary/aromatic N) is 2. The van der Waals surface area contributed by atoms with Crippen molar-refractivity contribution in [1.29, 1.82) is 5.26 Å². The first-order valence-electron chi connectivity index (χ1n) is 9.24. The predicted octanol–water partition coefficient (Wildman–Crippen LogP) is 4.68. The van der Waals surface area contributed by atoms with Crippen LogP contribution in [0.4, 0.5) is 0 Å². The number of halogens is 1. The van der Waals surface area contributed by atoms with E-state index in [-0.39, 0.29) is 40.0 Å². The van der Waals surface area contributed by atoms with Crippen LogP contribution in [0.2, 0.25) is 5.02 Å². The molecule has 0 aliphatic rings. The van der Waals surface area contributed by atoms with Crippen molar-refractivity contribution in [2.75, 3.05) is 0 Å². The summed E-state index contributed by atoms with van der Waals surface area (Å²) in [5, 5.41) is 39.9. The van der Waals surface area contributed by atoms with E-state index in [1.165, 1.54) is 29.7 Å². The molecule has 1 heterocycles. The Morgan fingerprint density at radius 1 is 1.23 bits per heavy atom. The van der Waals surface area contributed by atoms with Crippen molar-refractivity contribution in [3.05, 3.63) is 87.4 Å². The van der Waals surface area contributed by atoms with E-state index in [0.717, 1.165) is 5.56 Å². The second-order valence-corrected chi connectivity index (χ2v) is 7.19. The van der Waals surface area contributed by atoms with E-state index in [4.69, 9.17) is 16.9 Å². The largest absolute Gasteiger partial charge is 0.494 e. The molecule has 3 N–H and O–H groups in total. The van der Waals surface area contributed by atoms with Crippen molar-refractivity contribution < 1.29 is 25.2 Å². The van der Waals surface area contributed by atoms with Crippen LogP contribution in [0.5, 0.6) is 11.8 Å². The molecule has 2 aromatic carbocycles. The third-order valence-electron chi connectivity index (χ3n) is 4.80. The summed E-state index contributed by atoms with van der Waals surface area (Å²) in [6.07, 6.45) is -0.0283. The average molecular weight is 439 g/mol. The fourth-order valence-electron chi connectivity index (χ4n) is 3.22. The zero-order chi connectivity index (χ0) is 22.5. The zero-order valence-corrected chi connectivity index (χ0v) is 17.2. The maximum Gasteiger partial charge on any atom is 0.200 e. The normalized spacial score (nSPS) is 12.4. The van der Waals surface area contributed by atoms with Gasteiger partial charge in [0.1, 0.15) is 6.07 Å². The van der Waals surface area contributed by atoms with Gasteiger partial charge < -0.3 is 10.2 Å². The molecule has 8 heteroatoms. The highest BCUT2D eigenvalue weighted by Crippen LogP contribution is 2.39. The maximum absolute atomic E-state index is 12.4. The number of aromatic nitrogens is 1. The number of ketones is 1. The van der Waals surface area contributed by atoms with Crippen LogP contribution >= 0.6 is 11.6 Å². The van der Waals surface area contributed by atoms with Crippen LogP contribution in [-0.2, 0) is 16.2 Å². The van der Waals surface area contributed by atoms with Gasteiger partial charge in [-0.05, 0) is 30.2 Å².